The summed E-state index contributed by atoms with van der Waals surface area (Å²) < 4.78 is 0. The molecule has 3 heteroatoms. The number of benzene rings is 1. The van der Waals surface area contributed by atoms with Crippen LogP contribution in [0.1, 0.15) is 30.5 Å². The minimum Gasteiger partial charge on any atom is -0.376 e. The van der Waals surface area contributed by atoms with Gasteiger partial charge in [-0.2, -0.15) is 0 Å². The molecule has 1 heterocycles. The Morgan fingerprint density at radius 1 is 1.12 bits per heavy atom. The van der Waals surface area contributed by atoms with Crippen molar-refractivity contribution in [2.24, 2.45) is 0 Å². The topological polar surface area (TPSA) is 37.8 Å². The van der Waals surface area contributed by atoms with Gasteiger partial charge in [0.2, 0.25) is 0 Å². The van der Waals surface area contributed by atoms with Crippen molar-refractivity contribution in [2.45, 2.75) is 26.3 Å². The van der Waals surface area contributed by atoms with E-state index in [-0.39, 0.29) is 0 Å². The molecule has 0 aliphatic carbocycles. The summed E-state index contributed by atoms with van der Waals surface area (Å²) >= 11 is 0. The Morgan fingerprint density at radius 3 is 2.35 bits per heavy atom. The maximum absolute atomic E-state index is 4.01. The highest BCUT2D eigenvalue weighted by Gasteiger charge is 2.08. The van der Waals surface area contributed by atoms with Crippen molar-refractivity contribution in [3.63, 3.8) is 0 Å². The molecule has 0 bridgehead atoms. The van der Waals surface area contributed by atoms with Crippen molar-refractivity contribution in [3.8, 4) is 0 Å². The summed E-state index contributed by atoms with van der Waals surface area (Å²) in [6, 6.07) is 8.92. The average molecular weight is 227 g/mol. The van der Waals surface area contributed by atoms with Crippen LogP contribution >= 0.6 is 0 Å². The summed E-state index contributed by atoms with van der Waals surface area (Å²) in [4.78, 5) is 8.01. The van der Waals surface area contributed by atoms with Crippen LogP contribution in [0.25, 0.3) is 0 Å². The molecular formula is C14H17N3. The van der Waals surface area contributed by atoms with Gasteiger partial charge in [0.25, 0.3) is 0 Å². The first-order valence-corrected chi connectivity index (χ1v) is 5.87. The third-order valence-corrected chi connectivity index (χ3v) is 2.79. The van der Waals surface area contributed by atoms with E-state index < -0.39 is 0 Å². The number of nitrogens with one attached hydrogen (secondary N) is 1. The predicted molar refractivity (Wildman–Crippen MR) is 69.9 cm³/mol. The molecule has 3 nitrogen and oxygen atoms in total. The van der Waals surface area contributed by atoms with E-state index in [0.29, 0.717) is 6.04 Å². The van der Waals surface area contributed by atoms with Crippen LogP contribution in [0.3, 0.4) is 0 Å². The molecule has 2 aromatic rings. The van der Waals surface area contributed by atoms with Gasteiger partial charge in [-0.05, 0) is 18.9 Å². The molecule has 0 saturated carbocycles. The fourth-order valence-corrected chi connectivity index (χ4v) is 1.79. The first-order chi connectivity index (χ1) is 8.29. The molecule has 0 aliphatic heterocycles. The van der Waals surface area contributed by atoms with E-state index >= 15 is 0 Å². The number of anilines is 1. The monoisotopic (exact) mass is 227 g/mol. The van der Waals surface area contributed by atoms with Crippen LogP contribution in [0.15, 0.2) is 43.0 Å². The molecule has 1 aromatic carbocycles. The number of rotatable bonds is 4. The second-order valence-electron chi connectivity index (χ2n) is 4.14. The van der Waals surface area contributed by atoms with Gasteiger partial charge in [-0.3, -0.25) is 0 Å². The third-order valence-electron chi connectivity index (χ3n) is 2.79. The minimum absolute atomic E-state index is 0.307. The van der Waals surface area contributed by atoms with Gasteiger partial charge in [-0.1, -0.05) is 36.8 Å². The molecule has 1 atom stereocenters. The zero-order valence-corrected chi connectivity index (χ0v) is 10.2. The predicted octanol–water partition coefficient (Wildman–Crippen LogP) is 3.35. The van der Waals surface area contributed by atoms with Gasteiger partial charge in [-0.25, -0.2) is 9.97 Å². The molecule has 1 N–H and O–H groups in total. The summed E-state index contributed by atoms with van der Waals surface area (Å²) in [5.41, 5.74) is 3.54. The van der Waals surface area contributed by atoms with Crippen molar-refractivity contribution in [1.82, 2.24) is 9.97 Å². The fourth-order valence-electron chi connectivity index (χ4n) is 1.79. The average Bonchev–Trinajstić information content (AvgIpc) is 2.38. The molecular weight excluding hydrogens is 210 g/mol. The highest BCUT2D eigenvalue weighted by molar-refractivity contribution is 5.41. The normalized spacial score (nSPS) is 12.1. The molecule has 0 radical (unpaired) electrons. The molecule has 88 valence electrons. The minimum atomic E-state index is 0.307. The maximum Gasteiger partial charge on any atom is 0.115 e. The van der Waals surface area contributed by atoms with Crippen molar-refractivity contribution < 1.29 is 0 Å². The lowest BCUT2D eigenvalue weighted by Crippen LogP contribution is -2.09. The van der Waals surface area contributed by atoms with Crippen molar-refractivity contribution in [3.05, 3.63) is 54.1 Å². The Hall–Kier alpha value is -1.90. The maximum atomic E-state index is 4.01. The fraction of sp³-hybridized carbons (Fsp3) is 0.286. The zero-order chi connectivity index (χ0) is 12.1. The lowest BCUT2D eigenvalue weighted by Gasteiger charge is -2.18. The molecule has 0 spiro atoms. The highest BCUT2D eigenvalue weighted by Crippen LogP contribution is 2.21. The second-order valence-corrected chi connectivity index (χ2v) is 4.14. The standard InChI is InChI=1S/C14H17N3/c1-3-14(12-6-4-11(2)5-7-12)17-13-8-15-10-16-9-13/h4-10,14,17H,3H2,1-2H3. The van der Waals surface area contributed by atoms with E-state index in [2.05, 4.69) is 53.4 Å². The molecule has 0 saturated heterocycles. The lowest BCUT2D eigenvalue weighted by atomic mass is 10.0. The van der Waals surface area contributed by atoms with Gasteiger partial charge >= 0.3 is 0 Å². The number of aromatic nitrogens is 2. The van der Waals surface area contributed by atoms with Crippen LogP contribution in [0.5, 0.6) is 0 Å². The van der Waals surface area contributed by atoms with Crippen LogP contribution in [0, 0.1) is 6.92 Å². The summed E-state index contributed by atoms with van der Waals surface area (Å²) in [7, 11) is 0. The summed E-state index contributed by atoms with van der Waals surface area (Å²) in [6.07, 6.45) is 6.16. The van der Waals surface area contributed by atoms with Crippen molar-refractivity contribution in [1.29, 1.82) is 0 Å². The van der Waals surface area contributed by atoms with Gasteiger partial charge in [0, 0.05) is 0 Å². The van der Waals surface area contributed by atoms with Gasteiger partial charge < -0.3 is 5.32 Å². The zero-order valence-electron chi connectivity index (χ0n) is 10.2. The lowest BCUT2D eigenvalue weighted by molar-refractivity contribution is 0.747. The molecule has 0 fully saturated rings. The Balaban J connectivity index is 2.14. The molecule has 1 unspecified atom stereocenters. The Kier molecular flexibility index (Phi) is 3.70. The van der Waals surface area contributed by atoms with E-state index in [1.165, 1.54) is 17.5 Å². The van der Waals surface area contributed by atoms with Crippen LogP contribution in [0.4, 0.5) is 5.69 Å². The highest BCUT2D eigenvalue weighted by atomic mass is 15.0. The molecule has 0 amide bonds. The van der Waals surface area contributed by atoms with Crippen LogP contribution in [-0.4, -0.2) is 9.97 Å². The third kappa shape index (κ3) is 3.03. The van der Waals surface area contributed by atoms with Gasteiger partial charge in [0.05, 0.1) is 24.1 Å². The number of nitrogens with zero attached hydrogens (tertiary/aromatic N) is 2. The molecule has 0 aliphatic rings. The number of aryl methyl sites for hydroxylation is 1. The van der Waals surface area contributed by atoms with E-state index in [1.54, 1.807) is 12.4 Å². The van der Waals surface area contributed by atoms with E-state index in [0.717, 1.165) is 12.1 Å². The SMILES string of the molecule is CCC(Nc1cncnc1)c1ccc(C)cc1. The summed E-state index contributed by atoms with van der Waals surface area (Å²) in [6.45, 7) is 4.27. The first-order valence-electron chi connectivity index (χ1n) is 5.87. The quantitative estimate of drug-likeness (QED) is 0.870. The smallest absolute Gasteiger partial charge is 0.115 e. The largest absolute Gasteiger partial charge is 0.376 e. The van der Waals surface area contributed by atoms with Crippen molar-refractivity contribution in [2.75, 3.05) is 5.32 Å². The van der Waals surface area contributed by atoms with Gasteiger partial charge in [-0.15, -0.1) is 0 Å². The van der Waals surface area contributed by atoms with Crippen LogP contribution < -0.4 is 5.32 Å². The molecule has 1 aromatic heterocycles. The summed E-state index contributed by atoms with van der Waals surface area (Å²) in [5, 5.41) is 3.44. The van der Waals surface area contributed by atoms with Crippen LogP contribution in [-0.2, 0) is 0 Å². The van der Waals surface area contributed by atoms with Crippen LogP contribution in [0.2, 0.25) is 0 Å². The van der Waals surface area contributed by atoms with Gasteiger partial charge in [0.15, 0.2) is 0 Å². The van der Waals surface area contributed by atoms with Crippen molar-refractivity contribution >= 4 is 5.69 Å². The summed E-state index contributed by atoms with van der Waals surface area (Å²) in [5.74, 6) is 0. The molecule has 17 heavy (non-hydrogen) atoms. The Morgan fingerprint density at radius 2 is 1.76 bits per heavy atom. The van der Waals surface area contributed by atoms with E-state index in [4.69, 9.17) is 0 Å². The van der Waals surface area contributed by atoms with Gasteiger partial charge in [0.1, 0.15) is 6.33 Å². The Labute approximate surface area is 102 Å². The van der Waals surface area contributed by atoms with E-state index in [1.807, 2.05) is 0 Å². The number of hydrogen-bond acceptors (Lipinski definition) is 3. The van der Waals surface area contributed by atoms with E-state index in [9.17, 15) is 0 Å². The first kappa shape index (κ1) is 11.6. The number of hydrogen-bond donors (Lipinski definition) is 1. The molecule has 2 rings (SSSR count). The Bertz CT molecular complexity index is 451. The second kappa shape index (κ2) is 5.43.